The van der Waals surface area contributed by atoms with Crippen molar-refractivity contribution in [2.75, 3.05) is 19.0 Å². The first-order chi connectivity index (χ1) is 13.4. The Labute approximate surface area is 171 Å². The van der Waals surface area contributed by atoms with Crippen molar-refractivity contribution in [1.82, 2.24) is 5.32 Å². The lowest BCUT2D eigenvalue weighted by Gasteiger charge is -2.38. The maximum absolute atomic E-state index is 6.13. The summed E-state index contributed by atoms with van der Waals surface area (Å²) in [6.07, 6.45) is 2.51. The van der Waals surface area contributed by atoms with Crippen LogP contribution in [-0.2, 0) is 0 Å². The first kappa shape index (κ1) is 20.0. The minimum atomic E-state index is -0.309. The second-order valence-corrected chi connectivity index (χ2v) is 7.65. The molecule has 0 fully saturated rings. The smallest absolute Gasteiger partial charge is 0.171 e. The summed E-state index contributed by atoms with van der Waals surface area (Å²) in [5, 5.41) is 7.21. The van der Waals surface area contributed by atoms with Gasteiger partial charge in [-0.05, 0) is 62.5 Å². The fourth-order valence-corrected chi connectivity index (χ4v) is 3.46. The second-order valence-electron chi connectivity index (χ2n) is 7.24. The number of fused-ring (bicyclic) bond motifs is 1. The van der Waals surface area contributed by atoms with Gasteiger partial charge in [-0.25, -0.2) is 0 Å². The van der Waals surface area contributed by atoms with Gasteiger partial charge < -0.3 is 24.8 Å². The van der Waals surface area contributed by atoms with Gasteiger partial charge in [0.15, 0.2) is 5.11 Å². The molecule has 0 radical (unpaired) electrons. The van der Waals surface area contributed by atoms with E-state index in [1.54, 1.807) is 13.2 Å². The van der Waals surface area contributed by atoms with Gasteiger partial charge in [-0.3, -0.25) is 0 Å². The van der Waals surface area contributed by atoms with Gasteiger partial charge in [0.2, 0.25) is 0 Å². The number of hydrogen-bond donors (Lipinski definition) is 2. The summed E-state index contributed by atoms with van der Waals surface area (Å²) in [5.41, 5.74) is 1.65. The summed E-state index contributed by atoms with van der Waals surface area (Å²) >= 11 is 5.54. The Morgan fingerprint density at radius 3 is 2.64 bits per heavy atom. The third-order valence-electron chi connectivity index (χ3n) is 4.46. The molecule has 0 saturated heterocycles. The maximum atomic E-state index is 6.13. The average Bonchev–Trinajstić information content (AvgIpc) is 2.66. The lowest BCUT2D eigenvalue weighted by atomic mass is 9.89. The Hall–Kier alpha value is -2.73. The van der Waals surface area contributed by atoms with E-state index in [-0.39, 0.29) is 11.6 Å². The Bertz CT molecular complexity index is 849. The normalized spacial score (nSPS) is 16.9. The SMILES string of the molecule is C=CCOc1ccc(NC(=S)N[C@@H]2CC(C)(C)Oc3cc(OC)ccc32)cc1. The van der Waals surface area contributed by atoms with Crippen molar-refractivity contribution >= 4 is 23.0 Å². The molecule has 0 amide bonds. The minimum Gasteiger partial charge on any atom is -0.497 e. The van der Waals surface area contributed by atoms with E-state index in [1.165, 1.54) is 0 Å². The molecule has 148 valence electrons. The second kappa shape index (κ2) is 8.52. The van der Waals surface area contributed by atoms with Crippen LogP contribution in [0.5, 0.6) is 17.2 Å². The molecule has 0 unspecified atom stereocenters. The number of benzene rings is 2. The van der Waals surface area contributed by atoms with Gasteiger partial charge in [0.25, 0.3) is 0 Å². The molecule has 28 heavy (non-hydrogen) atoms. The predicted octanol–water partition coefficient (Wildman–Crippen LogP) is 4.85. The highest BCUT2D eigenvalue weighted by molar-refractivity contribution is 7.80. The zero-order chi connectivity index (χ0) is 20.1. The van der Waals surface area contributed by atoms with Crippen LogP contribution >= 0.6 is 12.2 Å². The van der Waals surface area contributed by atoms with Gasteiger partial charge in [0.05, 0.1) is 13.2 Å². The van der Waals surface area contributed by atoms with E-state index in [9.17, 15) is 0 Å². The fourth-order valence-electron chi connectivity index (χ4n) is 3.20. The highest BCUT2D eigenvalue weighted by Gasteiger charge is 2.34. The molecule has 0 saturated carbocycles. The Morgan fingerprint density at radius 1 is 1.25 bits per heavy atom. The lowest BCUT2D eigenvalue weighted by Crippen LogP contribution is -2.42. The van der Waals surface area contributed by atoms with Crippen LogP contribution in [0.25, 0.3) is 0 Å². The van der Waals surface area contributed by atoms with Gasteiger partial charge in [-0.1, -0.05) is 12.7 Å². The van der Waals surface area contributed by atoms with E-state index < -0.39 is 0 Å². The summed E-state index contributed by atoms with van der Waals surface area (Å²) in [6, 6.07) is 13.6. The van der Waals surface area contributed by atoms with E-state index in [0.29, 0.717) is 11.7 Å². The molecule has 1 atom stereocenters. The van der Waals surface area contributed by atoms with Crippen molar-refractivity contribution in [3.8, 4) is 17.2 Å². The van der Waals surface area contributed by atoms with Crippen LogP contribution in [0.1, 0.15) is 31.9 Å². The third kappa shape index (κ3) is 4.95. The van der Waals surface area contributed by atoms with E-state index in [0.717, 1.165) is 34.9 Å². The molecule has 2 aromatic carbocycles. The molecule has 2 aromatic rings. The topological polar surface area (TPSA) is 51.8 Å². The quantitative estimate of drug-likeness (QED) is 0.536. The molecule has 1 aliphatic heterocycles. The molecular formula is C22H26N2O3S. The minimum absolute atomic E-state index is 0.0415. The van der Waals surface area contributed by atoms with E-state index in [2.05, 4.69) is 31.1 Å². The summed E-state index contributed by atoms with van der Waals surface area (Å²) in [7, 11) is 1.65. The van der Waals surface area contributed by atoms with Gasteiger partial charge >= 0.3 is 0 Å². The highest BCUT2D eigenvalue weighted by atomic mass is 32.1. The number of ether oxygens (including phenoxy) is 3. The molecule has 2 N–H and O–H groups in total. The van der Waals surface area contributed by atoms with Crippen molar-refractivity contribution < 1.29 is 14.2 Å². The Kier molecular flexibility index (Phi) is 6.09. The van der Waals surface area contributed by atoms with Gasteiger partial charge in [0, 0.05) is 23.7 Å². The predicted molar refractivity (Wildman–Crippen MR) is 117 cm³/mol. The molecule has 0 aromatic heterocycles. The van der Waals surface area contributed by atoms with Crippen LogP contribution in [0.15, 0.2) is 55.1 Å². The summed E-state index contributed by atoms with van der Waals surface area (Å²) in [4.78, 5) is 0. The van der Waals surface area contributed by atoms with Crippen LogP contribution in [0.3, 0.4) is 0 Å². The van der Waals surface area contributed by atoms with E-state index >= 15 is 0 Å². The molecule has 0 bridgehead atoms. The molecule has 1 heterocycles. The van der Waals surface area contributed by atoms with Gasteiger partial charge in [0.1, 0.15) is 29.5 Å². The van der Waals surface area contributed by atoms with Crippen molar-refractivity contribution in [2.45, 2.75) is 31.9 Å². The molecule has 1 aliphatic rings. The average molecular weight is 399 g/mol. The molecular weight excluding hydrogens is 372 g/mol. The standard InChI is InChI=1S/C22H26N2O3S/c1-5-12-26-16-8-6-15(7-9-16)23-21(28)24-19-14-22(2,3)27-20-13-17(25-4)10-11-18(19)20/h5-11,13,19H,1,12,14H2,2-4H3,(H2,23,24,28)/t19-/m1/s1. The monoisotopic (exact) mass is 398 g/mol. The summed E-state index contributed by atoms with van der Waals surface area (Å²) < 4.78 is 17.0. The van der Waals surface area contributed by atoms with Crippen LogP contribution in [0, 0.1) is 0 Å². The largest absolute Gasteiger partial charge is 0.497 e. The lowest BCUT2D eigenvalue weighted by molar-refractivity contribution is 0.0693. The Balaban J connectivity index is 1.69. The fraction of sp³-hybridized carbons (Fsp3) is 0.318. The molecule has 5 nitrogen and oxygen atoms in total. The third-order valence-corrected chi connectivity index (χ3v) is 4.68. The molecule has 6 heteroatoms. The number of rotatable bonds is 6. The number of methoxy groups -OCH3 is 1. The van der Waals surface area contributed by atoms with Gasteiger partial charge in [-0.15, -0.1) is 0 Å². The summed E-state index contributed by atoms with van der Waals surface area (Å²) in [6.45, 7) is 8.27. The molecule has 3 rings (SSSR count). The zero-order valence-corrected chi connectivity index (χ0v) is 17.3. The number of thiocarbonyl (C=S) groups is 1. The van der Waals surface area contributed by atoms with E-state index in [1.807, 2.05) is 42.5 Å². The van der Waals surface area contributed by atoms with E-state index in [4.69, 9.17) is 26.4 Å². The van der Waals surface area contributed by atoms with Crippen molar-refractivity contribution in [3.05, 3.63) is 60.7 Å². The first-order valence-corrected chi connectivity index (χ1v) is 9.59. The Morgan fingerprint density at radius 2 is 1.96 bits per heavy atom. The number of hydrogen-bond acceptors (Lipinski definition) is 4. The van der Waals surface area contributed by atoms with Crippen LogP contribution < -0.4 is 24.8 Å². The molecule has 0 spiro atoms. The van der Waals surface area contributed by atoms with Gasteiger partial charge in [-0.2, -0.15) is 0 Å². The van der Waals surface area contributed by atoms with Crippen molar-refractivity contribution in [1.29, 1.82) is 0 Å². The highest BCUT2D eigenvalue weighted by Crippen LogP contribution is 2.41. The first-order valence-electron chi connectivity index (χ1n) is 9.18. The van der Waals surface area contributed by atoms with Crippen molar-refractivity contribution in [3.63, 3.8) is 0 Å². The molecule has 0 aliphatic carbocycles. The van der Waals surface area contributed by atoms with Crippen LogP contribution in [0.4, 0.5) is 5.69 Å². The van der Waals surface area contributed by atoms with Crippen molar-refractivity contribution in [2.24, 2.45) is 0 Å². The van der Waals surface area contributed by atoms with Crippen LogP contribution in [-0.4, -0.2) is 24.4 Å². The number of nitrogens with one attached hydrogen (secondary N) is 2. The summed E-state index contributed by atoms with van der Waals surface area (Å²) in [5.74, 6) is 2.38. The number of anilines is 1. The maximum Gasteiger partial charge on any atom is 0.171 e. The van der Waals surface area contributed by atoms with Crippen LogP contribution in [0.2, 0.25) is 0 Å². The zero-order valence-electron chi connectivity index (χ0n) is 16.5.